The summed E-state index contributed by atoms with van der Waals surface area (Å²) in [6, 6.07) is 26.8. The molecular weight excluding hydrogens is 719 g/mol. The molecule has 1 aromatic heterocycles. The molecule has 3 aromatic carbocycles. The van der Waals surface area contributed by atoms with Crippen LogP contribution >= 0.6 is 8.53 Å². The van der Waals surface area contributed by atoms with Crippen molar-refractivity contribution < 1.29 is 28.0 Å². The van der Waals surface area contributed by atoms with Crippen LogP contribution in [0.1, 0.15) is 62.4 Å². The maximum atomic E-state index is 13.5. The lowest BCUT2D eigenvalue weighted by atomic mass is 9.79. The number of methoxy groups -OCH3 is 2. The Labute approximate surface area is 324 Å². The molecule has 55 heavy (non-hydrogen) atoms. The minimum atomic E-state index is -1.80. The molecule has 5 rings (SSSR count). The summed E-state index contributed by atoms with van der Waals surface area (Å²) in [4.78, 5) is 28.4. The van der Waals surface area contributed by atoms with Gasteiger partial charge in [0.15, 0.2) is 0 Å². The monoisotopic (exact) mass is 770 g/mol. The van der Waals surface area contributed by atoms with Gasteiger partial charge < -0.3 is 28.0 Å². The van der Waals surface area contributed by atoms with Gasteiger partial charge in [-0.15, -0.1) is 6.58 Å². The summed E-state index contributed by atoms with van der Waals surface area (Å²) in [5.74, 6) is 1.37. The van der Waals surface area contributed by atoms with Gasteiger partial charge in [0.2, 0.25) is 0 Å². The second-order valence-corrected chi connectivity index (χ2v) is 15.2. The summed E-state index contributed by atoms with van der Waals surface area (Å²) in [5, 5.41) is 9.38. The Kier molecular flexibility index (Phi) is 14.2. The van der Waals surface area contributed by atoms with Gasteiger partial charge in [-0.3, -0.25) is 14.3 Å². The molecule has 5 atom stereocenters. The second kappa shape index (κ2) is 18.8. The summed E-state index contributed by atoms with van der Waals surface area (Å²) in [6.07, 6.45) is 0.868. The van der Waals surface area contributed by atoms with Crippen molar-refractivity contribution in [1.29, 1.82) is 5.26 Å². The molecule has 0 amide bonds. The first-order valence-electron chi connectivity index (χ1n) is 18.3. The molecule has 12 nitrogen and oxygen atoms in total. The van der Waals surface area contributed by atoms with E-state index >= 15 is 0 Å². The van der Waals surface area contributed by atoms with Crippen LogP contribution < -0.4 is 20.7 Å². The lowest BCUT2D eigenvalue weighted by Crippen LogP contribution is -2.47. The third-order valence-corrected chi connectivity index (χ3v) is 11.7. The highest BCUT2D eigenvalue weighted by molar-refractivity contribution is 7.44. The molecule has 13 heteroatoms. The predicted molar refractivity (Wildman–Crippen MR) is 212 cm³/mol. The fourth-order valence-electron chi connectivity index (χ4n) is 6.98. The van der Waals surface area contributed by atoms with Crippen molar-refractivity contribution >= 4 is 8.53 Å². The van der Waals surface area contributed by atoms with Gasteiger partial charge in [0.1, 0.15) is 35.4 Å². The first-order valence-corrected chi connectivity index (χ1v) is 19.5. The van der Waals surface area contributed by atoms with Crippen LogP contribution in [0.25, 0.3) is 0 Å². The van der Waals surface area contributed by atoms with Crippen LogP contribution in [-0.4, -0.2) is 72.1 Å². The van der Waals surface area contributed by atoms with Crippen LogP contribution in [0.3, 0.4) is 0 Å². The SMILES string of the molecule is C=CC(OC(c1ccccc1)(c1ccc(OC)cc1)c1ccc(OC)cc1)C1OCC(n2cc(C)c(=O)[nH]c2=O)C1OP(OCCC#N)N(C(C)C)C(C)C. The number of nitriles is 1. The molecule has 0 radical (unpaired) electrons. The van der Waals surface area contributed by atoms with E-state index in [1.165, 1.54) is 10.8 Å². The number of H-pyrrole nitrogens is 1. The van der Waals surface area contributed by atoms with Gasteiger partial charge in [-0.25, -0.2) is 9.46 Å². The number of aryl methyl sites for hydroxylation is 1. The van der Waals surface area contributed by atoms with Crippen molar-refractivity contribution in [3.8, 4) is 17.6 Å². The van der Waals surface area contributed by atoms with Crippen molar-refractivity contribution in [2.24, 2.45) is 0 Å². The van der Waals surface area contributed by atoms with E-state index in [9.17, 15) is 14.9 Å². The van der Waals surface area contributed by atoms with Crippen LogP contribution in [0.2, 0.25) is 0 Å². The maximum Gasteiger partial charge on any atom is 0.328 e. The van der Waals surface area contributed by atoms with E-state index in [1.54, 1.807) is 27.2 Å². The fourth-order valence-corrected chi connectivity index (χ4v) is 8.76. The van der Waals surface area contributed by atoms with Crippen molar-refractivity contribution in [2.45, 2.75) is 83.1 Å². The van der Waals surface area contributed by atoms with Gasteiger partial charge >= 0.3 is 5.69 Å². The molecule has 2 heterocycles. The number of ether oxygens (including phenoxy) is 4. The number of hydrogen-bond donors (Lipinski definition) is 1. The number of aromatic amines is 1. The van der Waals surface area contributed by atoms with E-state index in [0.717, 1.165) is 16.7 Å². The van der Waals surface area contributed by atoms with Gasteiger partial charge in [-0.05, 0) is 75.6 Å². The standard InChI is InChI=1S/C42H51N4O8P/c1-9-37(53-42(31-14-11-10-12-15-31,32-16-20-34(49-7)21-17-32)33-18-22-35(50-8)23-19-33)39-38(36(27-51-39)45-26-30(6)40(47)44-41(45)48)54-55(52-25-13-24-43)46(28(2)3)29(4)5/h9-12,14-23,26,28-29,36-39H,1,13,25,27H2,2-8H3,(H,44,47,48). The van der Waals surface area contributed by atoms with Crippen molar-refractivity contribution in [1.82, 2.24) is 14.2 Å². The van der Waals surface area contributed by atoms with Crippen molar-refractivity contribution in [3.05, 3.63) is 141 Å². The molecular formula is C42H51N4O8P. The molecule has 0 saturated carbocycles. The van der Waals surface area contributed by atoms with Crippen molar-refractivity contribution in [2.75, 3.05) is 27.4 Å². The Morgan fingerprint density at radius 1 is 0.964 bits per heavy atom. The van der Waals surface area contributed by atoms with Crippen LogP contribution in [0, 0.1) is 18.3 Å². The number of nitrogens with one attached hydrogen (secondary N) is 1. The molecule has 1 N–H and O–H groups in total. The first-order chi connectivity index (χ1) is 26.5. The zero-order chi connectivity index (χ0) is 39.7. The van der Waals surface area contributed by atoms with Crippen molar-refractivity contribution in [3.63, 3.8) is 0 Å². The predicted octanol–water partition coefficient (Wildman–Crippen LogP) is 7.03. The molecule has 4 aromatic rings. The van der Waals surface area contributed by atoms with E-state index in [1.807, 2.05) is 78.9 Å². The zero-order valence-corrected chi connectivity index (χ0v) is 33.4. The molecule has 0 spiro atoms. The first kappa shape index (κ1) is 41.6. The number of rotatable bonds is 18. The van der Waals surface area contributed by atoms with Gasteiger partial charge in [0, 0.05) is 23.8 Å². The van der Waals surface area contributed by atoms with Gasteiger partial charge in [-0.1, -0.05) is 60.7 Å². The molecule has 0 bridgehead atoms. The Hall–Kier alpha value is -4.60. The molecule has 1 saturated heterocycles. The minimum Gasteiger partial charge on any atom is -0.497 e. The van der Waals surface area contributed by atoms with Gasteiger partial charge in [0.25, 0.3) is 14.1 Å². The van der Waals surface area contributed by atoms with E-state index < -0.39 is 49.7 Å². The molecule has 0 aliphatic carbocycles. The average molecular weight is 771 g/mol. The molecule has 1 aliphatic rings. The second-order valence-electron chi connectivity index (χ2n) is 13.8. The van der Waals surface area contributed by atoms with Gasteiger partial charge in [0.05, 0.1) is 46.0 Å². The fraction of sp³-hybridized carbons (Fsp3) is 0.405. The topological polar surface area (TPSA) is 137 Å². The molecule has 292 valence electrons. The summed E-state index contributed by atoms with van der Waals surface area (Å²) in [5.41, 5.74) is 0.521. The summed E-state index contributed by atoms with van der Waals surface area (Å²) in [6.45, 7) is 14.3. The third kappa shape index (κ3) is 9.11. The molecule has 1 fully saturated rings. The Balaban J connectivity index is 1.70. The highest BCUT2D eigenvalue weighted by atomic mass is 31.2. The number of hydrogen-bond acceptors (Lipinski definition) is 10. The van der Waals surface area contributed by atoms with E-state index in [2.05, 4.69) is 50.0 Å². The number of nitrogens with zero attached hydrogens (tertiary/aromatic N) is 3. The van der Waals surface area contributed by atoms with Crippen LogP contribution in [0.15, 0.2) is 107 Å². The Morgan fingerprint density at radius 2 is 1.53 bits per heavy atom. The van der Waals surface area contributed by atoms with E-state index in [-0.39, 0.29) is 31.7 Å². The van der Waals surface area contributed by atoms with E-state index in [4.69, 9.17) is 28.0 Å². The lowest BCUT2D eigenvalue weighted by Gasteiger charge is -2.42. The number of aromatic nitrogens is 2. The normalized spacial score (nSPS) is 18.3. The zero-order valence-electron chi connectivity index (χ0n) is 32.5. The Morgan fingerprint density at radius 3 is 2.04 bits per heavy atom. The quantitative estimate of drug-likeness (QED) is 0.0486. The smallest absolute Gasteiger partial charge is 0.328 e. The van der Waals surface area contributed by atoms with Crippen LogP contribution in [0.4, 0.5) is 0 Å². The van der Waals surface area contributed by atoms with E-state index in [0.29, 0.717) is 17.1 Å². The third-order valence-electron chi connectivity index (χ3n) is 9.58. The maximum absolute atomic E-state index is 13.5. The Bertz CT molecular complexity index is 1960. The van der Waals surface area contributed by atoms with Gasteiger partial charge in [-0.2, -0.15) is 5.26 Å². The van der Waals surface area contributed by atoms with Crippen LogP contribution in [0.5, 0.6) is 11.5 Å². The molecule has 1 aliphatic heterocycles. The number of benzene rings is 3. The van der Waals surface area contributed by atoms with Crippen LogP contribution in [-0.2, 0) is 24.1 Å². The lowest BCUT2D eigenvalue weighted by molar-refractivity contribution is -0.104. The highest BCUT2D eigenvalue weighted by Gasteiger charge is 2.50. The summed E-state index contributed by atoms with van der Waals surface area (Å²) >= 11 is 0. The minimum absolute atomic E-state index is 0.00721. The molecule has 5 unspecified atom stereocenters. The summed E-state index contributed by atoms with van der Waals surface area (Å²) < 4.78 is 42.1. The highest BCUT2D eigenvalue weighted by Crippen LogP contribution is 2.51. The average Bonchev–Trinajstić information content (AvgIpc) is 3.59. The largest absolute Gasteiger partial charge is 0.497 e. The summed E-state index contributed by atoms with van der Waals surface area (Å²) in [7, 11) is 1.44.